The van der Waals surface area contributed by atoms with Crippen LogP contribution < -0.4 is 4.74 Å². The van der Waals surface area contributed by atoms with Crippen LogP contribution in [0.1, 0.15) is 41.8 Å². The maximum Gasteiger partial charge on any atom is 0.343 e. The predicted octanol–water partition coefficient (Wildman–Crippen LogP) is -0.227. The van der Waals surface area contributed by atoms with Crippen molar-refractivity contribution in [1.29, 1.82) is 0 Å². The number of fused-ring (bicyclic) bond motifs is 1. The van der Waals surface area contributed by atoms with Gasteiger partial charge >= 0.3 is 5.97 Å². The molecule has 1 heterocycles. The minimum Gasteiger partial charge on any atom is -0.507 e. The number of hydrogen-bond donors (Lipinski definition) is 6. The van der Waals surface area contributed by atoms with E-state index in [-0.39, 0.29) is 29.0 Å². The van der Waals surface area contributed by atoms with E-state index in [0.717, 1.165) is 0 Å². The van der Waals surface area contributed by atoms with Gasteiger partial charge in [0.15, 0.2) is 6.10 Å². The second-order valence-electron chi connectivity index (χ2n) is 6.80. The minimum absolute atomic E-state index is 0.0963. The Morgan fingerprint density at radius 2 is 1.89 bits per heavy atom. The lowest BCUT2D eigenvalue weighted by Crippen LogP contribution is -2.39. The number of cyclic esters (lactones) is 1. The molecule has 6 atom stereocenters. The number of benzene rings is 1. The van der Waals surface area contributed by atoms with E-state index in [9.17, 15) is 30.3 Å². The van der Waals surface area contributed by atoms with Crippen molar-refractivity contribution in [3.63, 3.8) is 0 Å². The van der Waals surface area contributed by atoms with Crippen molar-refractivity contribution < 1.29 is 44.9 Å². The van der Waals surface area contributed by atoms with Crippen molar-refractivity contribution in [2.45, 2.75) is 56.4 Å². The lowest BCUT2D eigenvalue weighted by atomic mass is 9.94. The molecule has 0 unspecified atom stereocenters. The van der Waals surface area contributed by atoms with Gasteiger partial charge in [-0.3, -0.25) is 0 Å². The Labute approximate surface area is 162 Å². The van der Waals surface area contributed by atoms with Gasteiger partial charge < -0.3 is 40.1 Å². The Hall–Kier alpha value is -2.17. The molecule has 1 aliphatic rings. The number of carbonyl (C=O) groups excluding carboxylic acids is 1. The molecule has 0 aliphatic carbocycles. The van der Waals surface area contributed by atoms with Crippen molar-refractivity contribution in [3.05, 3.63) is 35.4 Å². The van der Waals surface area contributed by atoms with Gasteiger partial charge in [0.05, 0.1) is 25.4 Å². The lowest BCUT2D eigenvalue weighted by molar-refractivity contribution is -0.0778. The van der Waals surface area contributed by atoms with E-state index in [1.165, 1.54) is 31.4 Å². The molecule has 9 heteroatoms. The summed E-state index contributed by atoms with van der Waals surface area (Å²) in [7, 11) is 1.37. The summed E-state index contributed by atoms with van der Waals surface area (Å²) in [5, 5.41) is 59.6. The summed E-state index contributed by atoms with van der Waals surface area (Å²) in [6, 6.07) is 2.67. The smallest absolute Gasteiger partial charge is 0.343 e. The number of esters is 1. The third-order valence-corrected chi connectivity index (χ3v) is 4.49. The lowest BCUT2D eigenvalue weighted by Gasteiger charge is -2.25. The van der Waals surface area contributed by atoms with Crippen molar-refractivity contribution in [2.75, 3.05) is 7.11 Å². The van der Waals surface area contributed by atoms with Crippen LogP contribution in [0.3, 0.4) is 0 Å². The van der Waals surface area contributed by atoms with Crippen LogP contribution in [-0.4, -0.2) is 74.2 Å². The zero-order valence-electron chi connectivity index (χ0n) is 15.6. The largest absolute Gasteiger partial charge is 0.507 e. The van der Waals surface area contributed by atoms with Crippen molar-refractivity contribution in [3.8, 4) is 11.5 Å². The number of hydrogen-bond acceptors (Lipinski definition) is 9. The first kappa shape index (κ1) is 22.1. The highest BCUT2D eigenvalue weighted by atomic mass is 16.6. The first-order valence-electron chi connectivity index (χ1n) is 8.84. The maximum atomic E-state index is 12.0. The Balaban J connectivity index is 2.07. The number of ether oxygens (including phenoxy) is 2. The van der Waals surface area contributed by atoms with Crippen LogP contribution >= 0.6 is 0 Å². The summed E-state index contributed by atoms with van der Waals surface area (Å²) < 4.78 is 10.1. The van der Waals surface area contributed by atoms with Crippen LogP contribution in [0.2, 0.25) is 0 Å². The summed E-state index contributed by atoms with van der Waals surface area (Å²) in [5.41, 5.74) is 0.106. The minimum atomic E-state index is -1.60. The van der Waals surface area contributed by atoms with Gasteiger partial charge in [0.1, 0.15) is 29.3 Å². The molecule has 2 rings (SSSR count). The van der Waals surface area contributed by atoms with E-state index in [0.29, 0.717) is 0 Å². The van der Waals surface area contributed by atoms with Crippen LogP contribution in [-0.2, 0) is 4.74 Å². The van der Waals surface area contributed by atoms with Crippen molar-refractivity contribution >= 4 is 5.97 Å². The number of aliphatic hydroxyl groups is 5. The number of phenols is 1. The third-order valence-electron chi connectivity index (χ3n) is 4.49. The number of methoxy groups -OCH3 is 1. The quantitative estimate of drug-likeness (QED) is 0.244. The highest BCUT2D eigenvalue weighted by Gasteiger charge is 2.40. The second kappa shape index (κ2) is 9.35. The van der Waals surface area contributed by atoms with Crippen LogP contribution in [0.15, 0.2) is 24.3 Å². The number of aliphatic hydroxyl groups excluding tert-OH is 5. The van der Waals surface area contributed by atoms with Gasteiger partial charge in [0.25, 0.3) is 0 Å². The Bertz CT molecular complexity index is 716. The standard InChI is InChI=1S/C19H26O9/c1-9(20)4-3-5-12(21)17(25)14(23)8-15(24)18-11-6-10(27-2)7-13(22)16(11)19(26)28-18/h3,5-7,9,12,14-15,17-18,20-25H,4,8H2,1-2H3/t9-,12-,14-,15+,17+,18-/m0/s1. The molecule has 156 valence electrons. The molecular formula is C19H26O9. The zero-order chi connectivity index (χ0) is 21.0. The van der Waals surface area contributed by atoms with Gasteiger partial charge in [0, 0.05) is 18.1 Å². The van der Waals surface area contributed by atoms with Crippen LogP contribution in [0.25, 0.3) is 0 Å². The molecule has 6 N–H and O–H groups in total. The van der Waals surface area contributed by atoms with Crippen molar-refractivity contribution in [2.24, 2.45) is 0 Å². The third kappa shape index (κ3) is 5.00. The van der Waals surface area contributed by atoms with Gasteiger partial charge in [0.2, 0.25) is 0 Å². The second-order valence-corrected chi connectivity index (χ2v) is 6.80. The Morgan fingerprint density at radius 3 is 2.50 bits per heavy atom. The fourth-order valence-electron chi connectivity index (χ4n) is 2.98. The van der Waals surface area contributed by atoms with E-state index < -0.39 is 49.0 Å². The molecule has 0 bridgehead atoms. The molecule has 0 saturated heterocycles. The number of rotatable bonds is 9. The van der Waals surface area contributed by atoms with E-state index in [2.05, 4.69) is 0 Å². The molecule has 9 nitrogen and oxygen atoms in total. The van der Waals surface area contributed by atoms with E-state index in [1.807, 2.05) is 0 Å². The molecule has 1 aromatic rings. The number of aromatic hydroxyl groups is 1. The topological polar surface area (TPSA) is 157 Å². The normalized spacial score (nSPS) is 21.7. The van der Waals surface area contributed by atoms with Crippen molar-refractivity contribution in [1.82, 2.24) is 0 Å². The summed E-state index contributed by atoms with van der Waals surface area (Å²) in [4.78, 5) is 12.0. The summed E-state index contributed by atoms with van der Waals surface area (Å²) in [6.45, 7) is 1.56. The van der Waals surface area contributed by atoms with Gasteiger partial charge in [-0.1, -0.05) is 12.2 Å². The van der Waals surface area contributed by atoms with E-state index in [4.69, 9.17) is 14.6 Å². The molecule has 0 aromatic heterocycles. The highest BCUT2D eigenvalue weighted by Crippen LogP contribution is 2.41. The predicted molar refractivity (Wildman–Crippen MR) is 96.9 cm³/mol. The van der Waals surface area contributed by atoms with Gasteiger partial charge in [-0.05, 0) is 19.4 Å². The average Bonchev–Trinajstić information content (AvgIpc) is 2.97. The number of phenolic OH excluding ortho intramolecular Hbond substituents is 1. The van der Waals surface area contributed by atoms with E-state index in [1.54, 1.807) is 6.92 Å². The van der Waals surface area contributed by atoms with Gasteiger partial charge in [-0.2, -0.15) is 0 Å². The van der Waals surface area contributed by atoms with Crippen LogP contribution in [0, 0.1) is 0 Å². The fourth-order valence-corrected chi connectivity index (χ4v) is 2.98. The molecule has 1 aliphatic heterocycles. The molecule has 0 amide bonds. The van der Waals surface area contributed by atoms with E-state index >= 15 is 0 Å². The first-order valence-corrected chi connectivity index (χ1v) is 8.84. The van der Waals surface area contributed by atoms with Crippen LogP contribution in [0.4, 0.5) is 0 Å². The monoisotopic (exact) mass is 398 g/mol. The Morgan fingerprint density at radius 1 is 1.21 bits per heavy atom. The SMILES string of the molecule is COc1cc(O)c2c(c1)[C@@H]([C@H](O)C[C@H](O)[C@H](O)[C@@H](O)C=CC[C@H](C)O)OC2=O. The highest BCUT2D eigenvalue weighted by molar-refractivity contribution is 5.97. The maximum absolute atomic E-state index is 12.0. The molecule has 0 spiro atoms. The molecule has 0 fully saturated rings. The Kier molecular flexibility index (Phi) is 7.39. The van der Waals surface area contributed by atoms with Gasteiger partial charge in [-0.25, -0.2) is 4.79 Å². The van der Waals surface area contributed by atoms with Crippen LogP contribution in [0.5, 0.6) is 11.5 Å². The average molecular weight is 398 g/mol. The molecule has 1 aromatic carbocycles. The zero-order valence-corrected chi connectivity index (χ0v) is 15.6. The summed E-state index contributed by atoms with van der Waals surface area (Å²) in [6.07, 6.45) is -5.17. The number of carbonyl (C=O) groups is 1. The fraction of sp³-hybridized carbons (Fsp3) is 0.526. The van der Waals surface area contributed by atoms with Gasteiger partial charge in [-0.15, -0.1) is 0 Å². The molecular weight excluding hydrogens is 372 g/mol. The first-order chi connectivity index (χ1) is 13.1. The molecule has 0 radical (unpaired) electrons. The molecule has 0 saturated carbocycles. The summed E-state index contributed by atoms with van der Waals surface area (Å²) in [5.74, 6) is -0.922. The summed E-state index contributed by atoms with van der Waals surface area (Å²) >= 11 is 0. The molecule has 28 heavy (non-hydrogen) atoms.